The second kappa shape index (κ2) is 11.8. The van der Waals surface area contributed by atoms with Gasteiger partial charge in [0.2, 0.25) is 5.91 Å². The molecule has 0 atom stereocenters. The minimum Gasteiger partial charge on any atom is -0.494 e. The Hall–Kier alpha value is -2.51. The van der Waals surface area contributed by atoms with Crippen molar-refractivity contribution >= 4 is 29.3 Å². The molecule has 34 heavy (non-hydrogen) atoms. The maximum atomic E-state index is 13.1. The average molecular weight is 499 g/mol. The molecule has 3 aromatic rings. The van der Waals surface area contributed by atoms with Gasteiger partial charge in [-0.05, 0) is 63.1 Å². The van der Waals surface area contributed by atoms with Crippen LogP contribution in [0.25, 0.3) is 17.1 Å². The van der Waals surface area contributed by atoms with Gasteiger partial charge in [-0.1, -0.05) is 54.8 Å². The van der Waals surface area contributed by atoms with E-state index in [0.29, 0.717) is 34.4 Å². The molecule has 1 aliphatic rings. The molecule has 0 radical (unpaired) electrons. The van der Waals surface area contributed by atoms with Gasteiger partial charge >= 0.3 is 0 Å². The Balaban J connectivity index is 1.61. The van der Waals surface area contributed by atoms with E-state index in [9.17, 15) is 4.79 Å². The summed E-state index contributed by atoms with van der Waals surface area (Å²) in [5, 5.41) is 10.2. The molecule has 0 bridgehead atoms. The van der Waals surface area contributed by atoms with Gasteiger partial charge < -0.3 is 9.64 Å². The molecule has 1 aromatic heterocycles. The van der Waals surface area contributed by atoms with Crippen LogP contribution in [0, 0.1) is 0 Å². The zero-order valence-electron chi connectivity index (χ0n) is 19.7. The predicted molar refractivity (Wildman–Crippen MR) is 138 cm³/mol. The summed E-state index contributed by atoms with van der Waals surface area (Å²) < 4.78 is 7.58. The highest BCUT2D eigenvalue weighted by Crippen LogP contribution is 2.31. The van der Waals surface area contributed by atoms with Crippen molar-refractivity contribution < 1.29 is 9.53 Å². The number of benzene rings is 2. The molecule has 180 valence electrons. The molecule has 0 saturated heterocycles. The van der Waals surface area contributed by atoms with Crippen LogP contribution in [0.5, 0.6) is 5.75 Å². The van der Waals surface area contributed by atoms with Crippen molar-refractivity contribution in [2.24, 2.45) is 0 Å². The molecule has 6 nitrogen and oxygen atoms in total. The molecule has 1 amide bonds. The largest absolute Gasteiger partial charge is 0.494 e. The Bertz CT molecular complexity index is 1100. The second-order valence-corrected chi connectivity index (χ2v) is 9.72. The van der Waals surface area contributed by atoms with Crippen molar-refractivity contribution in [1.82, 2.24) is 19.7 Å². The highest BCUT2D eigenvalue weighted by molar-refractivity contribution is 7.99. The molecular weight excluding hydrogens is 468 g/mol. The van der Waals surface area contributed by atoms with Gasteiger partial charge in [0.15, 0.2) is 11.0 Å². The third-order valence-corrected chi connectivity index (χ3v) is 7.27. The minimum atomic E-state index is 0.157. The molecule has 1 heterocycles. The lowest BCUT2D eigenvalue weighted by Crippen LogP contribution is -2.42. The Morgan fingerprint density at radius 2 is 1.88 bits per heavy atom. The number of nitrogens with zero attached hydrogens (tertiary/aromatic N) is 4. The maximum absolute atomic E-state index is 13.1. The van der Waals surface area contributed by atoms with E-state index in [0.717, 1.165) is 36.4 Å². The summed E-state index contributed by atoms with van der Waals surface area (Å²) in [7, 11) is 0. The van der Waals surface area contributed by atoms with Crippen LogP contribution in [0.1, 0.15) is 46.0 Å². The van der Waals surface area contributed by atoms with Gasteiger partial charge in [-0.15, -0.1) is 10.2 Å². The highest BCUT2D eigenvalue weighted by Gasteiger charge is 2.25. The van der Waals surface area contributed by atoms with Gasteiger partial charge in [-0.3, -0.25) is 9.36 Å². The molecule has 0 N–H and O–H groups in total. The molecule has 1 fully saturated rings. The average Bonchev–Trinajstić information content (AvgIpc) is 3.28. The number of halogens is 1. The van der Waals surface area contributed by atoms with Crippen LogP contribution in [0.4, 0.5) is 0 Å². The maximum Gasteiger partial charge on any atom is 0.233 e. The Morgan fingerprint density at radius 3 is 2.56 bits per heavy atom. The van der Waals surface area contributed by atoms with Crippen LogP contribution < -0.4 is 4.74 Å². The van der Waals surface area contributed by atoms with E-state index in [1.54, 1.807) is 0 Å². The first-order chi connectivity index (χ1) is 16.6. The number of rotatable bonds is 9. The summed E-state index contributed by atoms with van der Waals surface area (Å²) in [4.78, 5) is 15.2. The van der Waals surface area contributed by atoms with Gasteiger partial charge in [0.05, 0.1) is 12.4 Å². The van der Waals surface area contributed by atoms with Gasteiger partial charge in [-0.25, -0.2) is 0 Å². The van der Waals surface area contributed by atoms with E-state index in [2.05, 4.69) is 17.1 Å². The van der Waals surface area contributed by atoms with Crippen LogP contribution in [-0.2, 0) is 4.79 Å². The summed E-state index contributed by atoms with van der Waals surface area (Å²) in [5.41, 5.74) is 1.77. The number of hydrogen-bond donors (Lipinski definition) is 0. The van der Waals surface area contributed by atoms with E-state index < -0.39 is 0 Å². The quantitative estimate of drug-likeness (QED) is 0.326. The van der Waals surface area contributed by atoms with Gasteiger partial charge in [0, 0.05) is 28.9 Å². The zero-order valence-corrected chi connectivity index (χ0v) is 21.3. The molecule has 0 spiro atoms. The van der Waals surface area contributed by atoms with E-state index in [4.69, 9.17) is 16.3 Å². The van der Waals surface area contributed by atoms with Crippen molar-refractivity contribution in [3.63, 3.8) is 0 Å². The summed E-state index contributed by atoms with van der Waals surface area (Å²) in [5.74, 6) is 1.97. The Kier molecular flexibility index (Phi) is 8.51. The molecule has 8 heteroatoms. The number of carbonyl (C=O) groups excluding carboxylic acids is 1. The van der Waals surface area contributed by atoms with Crippen LogP contribution in [0.3, 0.4) is 0 Å². The lowest BCUT2D eigenvalue weighted by atomic mass is 9.94. The van der Waals surface area contributed by atoms with Crippen molar-refractivity contribution in [1.29, 1.82) is 0 Å². The van der Waals surface area contributed by atoms with E-state index in [1.807, 2.05) is 64.9 Å². The lowest BCUT2D eigenvalue weighted by Gasteiger charge is -2.33. The van der Waals surface area contributed by atoms with Crippen molar-refractivity contribution in [3.8, 4) is 22.8 Å². The standard InChI is InChI=1S/C26H31ClN4O2S/c1-3-30(21-11-6-5-7-12-21)24(32)18-34-26-29-28-25(19-9-8-10-20(27)17-19)31(26)22-13-15-23(16-14-22)33-4-2/h8-10,13-17,21H,3-7,11-12,18H2,1-2H3. The van der Waals surface area contributed by atoms with Gasteiger partial charge in [0.1, 0.15) is 5.75 Å². The van der Waals surface area contributed by atoms with Gasteiger partial charge in [-0.2, -0.15) is 0 Å². The van der Waals surface area contributed by atoms with E-state index in [1.165, 1.54) is 31.0 Å². The summed E-state index contributed by atoms with van der Waals surface area (Å²) in [6.45, 7) is 5.38. The zero-order chi connectivity index (χ0) is 23.9. The van der Waals surface area contributed by atoms with Crippen LogP contribution in [0.2, 0.25) is 5.02 Å². The Morgan fingerprint density at radius 1 is 1.12 bits per heavy atom. The topological polar surface area (TPSA) is 60.2 Å². The highest BCUT2D eigenvalue weighted by atomic mass is 35.5. The van der Waals surface area contributed by atoms with Crippen LogP contribution in [0.15, 0.2) is 53.7 Å². The SMILES string of the molecule is CCOc1ccc(-n2c(SCC(=O)N(CC)C3CCCCC3)nnc2-c2cccc(Cl)c2)cc1. The number of carbonyl (C=O) groups is 1. The number of hydrogen-bond acceptors (Lipinski definition) is 5. The summed E-state index contributed by atoms with van der Waals surface area (Å²) in [6.07, 6.45) is 5.89. The number of thioether (sulfide) groups is 1. The number of amides is 1. The van der Waals surface area contributed by atoms with Crippen molar-refractivity contribution in [3.05, 3.63) is 53.6 Å². The third-order valence-electron chi connectivity index (χ3n) is 6.12. The summed E-state index contributed by atoms with van der Waals surface area (Å²) in [6, 6.07) is 15.8. The molecule has 1 saturated carbocycles. The molecule has 4 rings (SSSR count). The third kappa shape index (κ3) is 5.76. The molecule has 0 aliphatic heterocycles. The van der Waals surface area contributed by atoms with Crippen LogP contribution in [-0.4, -0.2) is 50.5 Å². The smallest absolute Gasteiger partial charge is 0.233 e. The summed E-state index contributed by atoms with van der Waals surface area (Å²) >= 11 is 7.68. The van der Waals surface area contributed by atoms with E-state index in [-0.39, 0.29) is 5.91 Å². The first kappa shape index (κ1) is 24.6. The van der Waals surface area contributed by atoms with Crippen LogP contribution >= 0.6 is 23.4 Å². The first-order valence-electron chi connectivity index (χ1n) is 12.0. The second-order valence-electron chi connectivity index (χ2n) is 8.34. The molecular formula is C26H31ClN4O2S. The monoisotopic (exact) mass is 498 g/mol. The van der Waals surface area contributed by atoms with E-state index >= 15 is 0 Å². The number of ether oxygens (including phenoxy) is 1. The fourth-order valence-corrected chi connectivity index (χ4v) is 5.54. The first-order valence-corrected chi connectivity index (χ1v) is 13.3. The number of aromatic nitrogens is 3. The normalized spacial score (nSPS) is 14.2. The lowest BCUT2D eigenvalue weighted by molar-refractivity contribution is -0.131. The van der Waals surface area contributed by atoms with Gasteiger partial charge in [0.25, 0.3) is 0 Å². The molecule has 2 aromatic carbocycles. The molecule has 1 aliphatic carbocycles. The van der Waals surface area contributed by atoms with Crippen molar-refractivity contribution in [2.45, 2.75) is 57.1 Å². The fourth-order valence-electron chi connectivity index (χ4n) is 4.51. The minimum absolute atomic E-state index is 0.157. The molecule has 0 unspecified atom stereocenters. The fraction of sp³-hybridized carbons (Fsp3) is 0.423. The Labute approximate surface area is 210 Å². The van der Waals surface area contributed by atoms with Crippen molar-refractivity contribution in [2.75, 3.05) is 18.9 Å². The predicted octanol–water partition coefficient (Wildman–Crippen LogP) is 6.26.